The van der Waals surface area contributed by atoms with Crippen LogP contribution in [0.15, 0.2) is 11.6 Å². The van der Waals surface area contributed by atoms with Crippen molar-refractivity contribution in [3.8, 4) is 0 Å². The van der Waals surface area contributed by atoms with Crippen LogP contribution in [-0.2, 0) is 9.53 Å². The predicted octanol–water partition coefficient (Wildman–Crippen LogP) is 1.19. The van der Waals surface area contributed by atoms with Crippen molar-refractivity contribution in [2.45, 2.75) is 31.4 Å². The van der Waals surface area contributed by atoms with Crippen molar-refractivity contribution < 1.29 is 9.53 Å². The highest BCUT2D eigenvalue weighted by Crippen LogP contribution is 2.24. The summed E-state index contributed by atoms with van der Waals surface area (Å²) in [5.74, 6) is 0.226. The molecule has 5 nitrogen and oxygen atoms in total. The lowest BCUT2D eigenvalue weighted by atomic mass is 10.0. The number of amides is 1. The molecule has 1 aromatic heterocycles. The van der Waals surface area contributed by atoms with E-state index in [4.69, 9.17) is 4.74 Å². The molecule has 0 aromatic carbocycles. The molecule has 104 valence electrons. The number of carbonyl (C=O) groups is 1. The van der Waals surface area contributed by atoms with Gasteiger partial charge in [-0.3, -0.25) is 4.79 Å². The standard InChI is InChI=1S/C13H19N3O2S/c17-13(10-3-1-2-4-14-10)16-6-7-18-11(9-16)12-15-5-8-19-12/h5,8,10-11,14H,1-4,6-7,9H2/t10-,11?/m1/s1. The maximum atomic E-state index is 12.5. The van der Waals surface area contributed by atoms with Gasteiger partial charge in [-0.1, -0.05) is 6.42 Å². The van der Waals surface area contributed by atoms with Gasteiger partial charge in [-0.2, -0.15) is 0 Å². The van der Waals surface area contributed by atoms with E-state index in [0.717, 1.165) is 24.4 Å². The lowest BCUT2D eigenvalue weighted by molar-refractivity contribution is -0.141. The highest BCUT2D eigenvalue weighted by molar-refractivity contribution is 7.09. The molecular weight excluding hydrogens is 262 g/mol. The van der Waals surface area contributed by atoms with Gasteiger partial charge in [-0.05, 0) is 19.4 Å². The van der Waals surface area contributed by atoms with Crippen LogP contribution < -0.4 is 5.32 Å². The monoisotopic (exact) mass is 281 g/mol. The molecule has 0 aliphatic carbocycles. The van der Waals surface area contributed by atoms with E-state index in [9.17, 15) is 4.79 Å². The minimum atomic E-state index is -0.0544. The van der Waals surface area contributed by atoms with Crippen molar-refractivity contribution in [3.63, 3.8) is 0 Å². The molecule has 19 heavy (non-hydrogen) atoms. The molecule has 2 aliphatic rings. The number of nitrogens with one attached hydrogen (secondary N) is 1. The van der Waals surface area contributed by atoms with Gasteiger partial charge >= 0.3 is 0 Å². The first-order chi connectivity index (χ1) is 9.34. The quantitative estimate of drug-likeness (QED) is 0.884. The number of hydrogen-bond acceptors (Lipinski definition) is 5. The van der Waals surface area contributed by atoms with Crippen molar-refractivity contribution >= 4 is 17.2 Å². The first-order valence-corrected chi connectivity index (χ1v) is 7.76. The van der Waals surface area contributed by atoms with Crippen LogP contribution in [-0.4, -0.2) is 48.1 Å². The van der Waals surface area contributed by atoms with Crippen LogP contribution in [0.5, 0.6) is 0 Å². The third kappa shape index (κ3) is 2.96. The lowest BCUT2D eigenvalue weighted by Gasteiger charge is -2.35. The molecule has 2 atom stereocenters. The molecule has 2 fully saturated rings. The normalized spacial score (nSPS) is 28.3. The summed E-state index contributed by atoms with van der Waals surface area (Å²) in [4.78, 5) is 18.7. The van der Waals surface area contributed by atoms with E-state index in [1.807, 2.05) is 10.3 Å². The second kappa shape index (κ2) is 5.98. The van der Waals surface area contributed by atoms with Crippen LogP contribution in [0.4, 0.5) is 0 Å². The minimum absolute atomic E-state index is 0.00351. The smallest absolute Gasteiger partial charge is 0.239 e. The Bertz CT molecular complexity index is 418. The molecule has 6 heteroatoms. The number of morpholine rings is 1. The van der Waals surface area contributed by atoms with Gasteiger partial charge in [0, 0.05) is 18.1 Å². The highest BCUT2D eigenvalue weighted by atomic mass is 32.1. The Balaban J connectivity index is 1.62. The van der Waals surface area contributed by atoms with Gasteiger partial charge in [-0.15, -0.1) is 11.3 Å². The predicted molar refractivity (Wildman–Crippen MR) is 73.0 cm³/mol. The topological polar surface area (TPSA) is 54.5 Å². The molecule has 0 saturated carbocycles. The first kappa shape index (κ1) is 13.0. The summed E-state index contributed by atoms with van der Waals surface area (Å²) in [5, 5.41) is 6.23. The summed E-state index contributed by atoms with van der Waals surface area (Å²) in [6.07, 6.45) is 5.00. The van der Waals surface area contributed by atoms with E-state index in [0.29, 0.717) is 19.7 Å². The third-order valence-corrected chi connectivity index (χ3v) is 4.58. The molecule has 1 N–H and O–H groups in total. The number of aromatic nitrogens is 1. The molecule has 0 bridgehead atoms. The molecule has 2 aliphatic heterocycles. The van der Waals surface area contributed by atoms with Crippen molar-refractivity contribution in [2.75, 3.05) is 26.2 Å². The van der Waals surface area contributed by atoms with Crippen LogP contribution >= 0.6 is 11.3 Å². The molecule has 3 heterocycles. The number of piperidine rings is 1. The maximum Gasteiger partial charge on any atom is 0.239 e. The Hall–Kier alpha value is -0.980. The summed E-state index contributed by atoms with van der Waals surface area (Å²) in [6.45, 7) is 2.88. The fourth-order valence-electron chi connectivity index (χ4n) is 2.68. The summed E-state index contributed by atoms with van der Waals surface area (Å²) < 4.78 is 5.72. The number of hydrogen-bond donors (Lipinski definition) is 1. The zero-order valence-corrected chi connectivity index (χ0v) is 11.7. The van der Waals surface area contributed by atoms with Gasteiger partial charge in [0.15, 0.2) is 0 Å². The summed E-state index contributed by atoms with van der Waals surface area (Å²) in [5.41, 5.74) is 0. The van der Waals surface area contributed by atoms with Gasteiger partial charge in [0.25, 0.3) is 0 Å². The van der Waals surface area contributed by atoms with Crippen molar-refractivity contribution in [1.29, 1.82) is 0 Å². The average molecular weight is 281 g/mol. The molecule has 1 unspecified atom stereocenters. The van der Waals surface area contributed by atoms with Crippen LogP contribution in [0.2, 0.25) is 0 Å². The fraction of sp³-hybridized carbons (Fsp3) is 0.692. The Kier molecular flexibility index (Phi) is 4.10. The van der Waals surface area contributed by atoms with Crippen LogP contribution in [0.1, 0.15) is 30.4 Å². The fourth-order valence-corrected chi connectivity index (χ4v) is 3.35. The van der Waals surface area contributed by atoms with Crippen LogP contribution in [0.3, 0.4) is 0 Å². The average Bonchev–Trinajstić information content (AvgIpc) is 3.02. The van der Waals surface area contributed by atoms with E-state index in [1.165, 1.54) is 6.42 Å². The van der Waals surface area contributed by atoms with E-state index >= 15 is 0 Å². The Morgan fingerprint density at radius 2 is 2.47 bits per heavy atom. The summed E-state index contributed by atoms with van der Waals surface area (Å²) in [7, 11) is 0. The molecule has 1 aromatic rings. The SMILES string of the molecule is O=C([C@H]1CCCCN1)N1CCOC(c2nccs2)C1. The number of rotatable bonds is 2. The van der Waals surface area contributed by atoms with Gasteiger partial charge in [0.05, 0.1) is 19.2 Å². The lowest BCUT2D eigenvalue weighted by Crippen LogP contribution is -2.52. The van der Waals surface area contributed by atoms with Crippen molar-refractivity contribution in [3.05, 3.63) is 16.6 Å². The van der Waals surface area contributed by atoms with Gasteiger partial charge in [0.2, 0.25) is 5.91 Å². The van der Waals surface area contributed by atoms with E-state index < -0.39 is 0 Å². The molecule has 0 radical (unpaired) electrons. The number of ether oxygens (including phenoxy) is 1. The number of thiazole rings is 1. The zero-order valence-electron chi connectivity index (χ0n) is 10.9. The maximum absolute atomic E-state index is 12.5. The first-order valence-electron chi connectivity index (χ1n) is 6.88. The zero-order chi connectivity index (χ0) is 13.1. The number of carbonyl (C=O) groups excluding carboxylic acids is 1. The van der Waals surface area contributed by atoms with Gasteiger partial charge in [-0.25, -0.2) is 4.98 Å². The van der Waals surface area contributed by atoms with Crippen molar-refractivity contribution in [2.24, 2.45) is 0 Å². The second-order valence-corrected chi connectivity index (χ2v) is 5.94. The summed E-state index contributed by atoms with van der Waals surface area (Å²) >= 11 is 1.59. The number of nitrogens with zero attached hydrogens (tertiary/aromatic N) is 2. The highest BCUT2D eigenvalue weighted by Gasteiger charge is 2.31. The van der Waals surface area contributed by atoms with Crippen molar-refractivity contribution in [1.82, 2.24) is 15.2 Å². The van der Waals surface area contributed by atoms with E-state index in [-0.39, 0.29) is 18.1 Å². The molecular formula is C13H19N3O2S. The summed E-state index contributed by atoms with van der Waals surface area (Å²) in [6, 6.07) is 0.00351. The Labute approximate surface area is 117 Å². The molecule has 0 spiro atoms. The van der Waals surface area contributed by atoms with E-state index in [2.05, 4.69) is 10.3 Å². The van der Waals surface area contributed by atoms with E-state index in [1.54, 1.807) is 17.5 Å². The molecule has 1 amide bonds. The van der Waals surface area contributed by atoms with Gasteiger partial charge in [0.1, 0.15) is 11.1 Å². The second-order valence-electron chi connectivity index (χ2n) is 5.02. The Morgan fingerprint density at radius 3 is 3.21 bits per heavy atom. The van der Waals surface area contributed by atoms with Gasteiger partial charge < -0.3 is 15.0 Å². The minimum Gasteiger partial charge on any atom is -0.367 e. The molecule has 2 saturated heterocycles. The molecule has 3 rings (SSSR count). The Morgan fingerprint density at radius 1 is 1.53 bits per heavy atom. The van der Waals surface area contributed by atoms with Crippen LogP contribution in [0.25, 0.3) is 0 Å². The largest absolute Gasteiger partial charge is 0.367 e. The van der Waals surface area contributed by atoms with Crippen LogP contribution in [0, 0.1) is 0 Å². The third-order valence-electron chi connectivity index (χ3n) is 3.71.